The lowest BCUT2D eigenvalue weighted by atomic mass is 9.76. The van der Waals surface area contributed by atoms with Crippen molar-refractivity contribution in [3.63, 3.8) is 0 Å². The Hall–Kier alpha value is -6.22. The van der Waals surface area contributed by atoms with Gasteiger partial charge in [0.25, 0.3) is 0 Å². The molecule has 11 rings (SSSR count). The zero-order chi connectivity index (χ0) is 47.5. The van der Waals surface area contributed by atoms with E-state index in [0.717, 1.165) is 148 Å². The molecule has 3 aliphatic heterocycles. The molecule has 5 fully saturated rings. The number of aromatic amines is 2. The van der Waals surface area contributed by atoms with E-state index in [1.807, 2.05) is 18.2 Å². The fourth-order valence-electron chi connectivity index (χ4n) is 13.4. The minimum Gasteiger partial charge on any atom is -0.357 e. The fraction of sp³-hybridized carbons (Fsp3) is 0.433. The van der Waals surface area contributed by atoms with Crippen LogP contribution in [-0.2, 0) is 20.4 Å². The summed E-state index contributed by atoms with van der Waals surface area (Å²) in [5.74, 6) is 2.25. The highest BCUT2D eigenvalue weighted by molar-refractivity contribution is 5.90. The molecule has 356 valence electrons. The van der Waals surface area contributed by atoms with Gasteiger partial charge in [0.05, 0.1) is 57.1 Å². The summed E-state index contributed by atoms with van der Waals surface area (Å²) in [6.45, 7) is 16.4. The van der Waals surface area contributed by atoms with Crippen molar-refractivity contribution in [2.75, 3.05) is 18.0 Å². The van der Waals surface area contributed by atoms with Crippen LogP contribution in [0.15, 0.2) is 128 Å². The number of nitrogens with zero attached hydrogens (tertiary/aromatic N) is 5. The first-order valence-electron chi connectivity index (χ1n) is 26.0. The van der Waals surface area contributed by atoms with Crippen LogP contribution in [0.25, 0.3) is 22.1 Å². The number of aromatic nitrogens is 4. The van der Waals surface area contributed by atoms with Gasteiger partial charge in [0.1, 0.15) is 11.6 Å². The van der Waals surface area contributed by atoms with Crippen LogP contribution in [0.4, 0.5) is 5.69 Å². The Balaban J connectivity index is 0.892. The van der Waals surface area contributed by atoms with Gasteiger partial charge in [0.15, 0.2) is 0 Å². The summed E-state index contributed by atoms with van der Waals surface area (Å²) in [5, 5.41) is 0. The van der Waals surface area contributed by atoms with Crippen molar-refractivity contribution in [3.8, 4) is 0 Å². The summed E-state index contributed by atoms with van der Waals surface area (Å²) in [6.07, 6.45) is 19.1. The number of hydrogen-bond donors (Lipinski definition) is 2. The van der Waals surface area contributed by atoms with E-state index in [1.54, 1.807) is 6.08 Å². The second-order valence-corrected chi connectivity index (χ2v) is 21.9. The lowest BCUT2D eigenvalue weighted by Crippen LogP contribution is -2.45. The lowest BCUT2D eigenvalue weighted by molar-refractivity contribution is -0.141. The van der Waals surface area contributed by atoms with E-state index < -0.39 is 10.8 Å². The number of nitrogens with one attached hydrogen (secondary N) is 2. The summed E-state index contributed by atoms with van der Waals surface area (Å²) >= 11 is 0. The Morgan fingerprint density at radius 1 is 0.638 bits per heavy atom. The number of imidazole rings is 2. The van der Waals surface area contributed by atoms with Crippen molar-refractivity contribution in [1.29, 1.82) is 0 Å². The standard InChI is InChI=1S/C60H69N7O2/c1-6-17-42(7-2)59(32-11-12-33-59)56(68)65-36-15-20-52(65)54-61-46-28-22-40(38-48(46)63-54)50-30-31-51(67(50)45-26-24-43(25-27-45)58(3,4)5)41-23-29-47-49(39-41)64-55(62-47)53-21-16-37-66(53)57(69)60(34-13-14-35-60)44-18-9-8-10-19-44/h6-10,17-19,22-29,38-39,50-53H,1-2,11-16,20-21,30-37H2,3-5H3,(H,61,63)(H,62,64)/b42-17+/t50-,51-,52+,53+/m1/s1. The van der Waals surface area contributed by atoms with Crippen LogP contribution >= 0.6 is 0 Å². The van der Waals surface area contributed by atoms with Crippen LogP contribution in [-0.4, -0.2) is 54.6 Å². The van der Waals surface area contributed by atoms with Gasteiger partial charge >= 0.3 is 0 Å². The normalized spacial score (nSPS) is 23.7. The van der Waals surface area contributed by atoms with E-state index in [1.165, 1.54) is 22.4 Å². The number of carbonyl (C=O) groups is 2. The van der Waals surface area contributed by atoms with Crippen LogP contribution in [0.1, 0.15) is 169 Å². The molecule has 2 N–H and O–H groups in total. The van der Waals surface area contributed by atoms with Crippen LogP contribution in [0.3, 0.4) is 0 Å². The molecular weight excluding hydrogens is 851 g/mol. The minimum atomic E-state index is -0.547. The van der Waals surface area contributed by atoms with Crippen LogP contribution in [0.5, 0.6) is 0 Å². The molecule has 2 aromatic heterocycles. The molecule has 2 aliphatic carbocycles. The van der Waals surface area contributed by atoms with E-state index in [2.05, 4.69) is 144 Å². The Morgan fingerprint density at radius 3 is 1.70 bits per heavy atom. The summed E-state index contributed by atoms with van der Waals surface area (Å²) in [7, 11) is 0. The van der Waals surface area contributed by atoms with Crippen molar-refractivity contribution < 1.29 is 9.59 Å². The maximum absolute atomic E-state index is 14.7. The van der Waals surface area contributed by atoms with E-state index in [-0.39, 0.29) is 41.4 Å². The number of likely N-dealkylation sites (tertiary alicyclic amines) is 2. The van der Waals surface area contributed by atoms with Gasteiger partial charge in [-0.25, -0.2) is 9.97 Å². The van der Waals surface area contributed by atoms with E-state index in [0.29, 0.717) is 0 Å². The molecule has 4 atom stereocenters. The predicted octanol–water partition coefficient (Wildman–Crippen LogP) is 13.5. The monoisotopic (exact) mass is 920 g/mol. The maximum Gasteiger partial charge on any atom is 0.233 e. The summed E-state index contributed by atoms with van der Waals surface area (Å²) < 4.78 is 0. The lowest BCUT2D eigenvalue weighted by Gasteiger charge is -2.36. The van der Waals surface area contributed by atoms with Gasteiger partial charge in [-0.3, -0.25) is 9.59 Å². The number of hydrogen-bond acceptors (Lipinski definition) is 5. The van der Waals surface area contributed by atoms with E-state index >= 15 is 0 Å². The molecule has 6 aromatic rings. The molecule has 0 radical (unpaired) electrons. The largest absolute Gasteiger partial charge is 0.357 e. The van der Waals surface area contributed by atoms with Gasteiger partial charge in [-0.15, -0.1) is 0 Å². The van der Waals surface area contributed by atoms with E-state index in [4.69, 9.17) is 9.97 Å². The zero-order valence-corrected chi connectivity index (χ0v) is 41.0. The second kappa shape index (κ2) is 17.9. The molecular formula is C60H69N7O2. The summed E-state index contributed by atoms with van der Waals surface area (Å²) in [4.78, 5) is 54.2. The third kappa shape index (κ3) is 7.84. The topological polar surface area (TPSA) is 101 Å². The van der Waals surface area contributed by atoms with Crippen molar-refractivity contribution in [1.82, 2.24) is 29.7 Å². The third-order valence-electron chi connectivity index (χ3n) is 17.0. The minimum absolute atomic E-state index is 0.0429. The van der Waals surface area contributed by atoms with Crippen molar-refractivity contribution in [2.24, 2.45) is 5.41 Å². The molecule has 0 unspecified atom stereocenters. The number of H-pyrrole nitrogens is 2. The van der Waals surface area contributed by atoms with Gasteiger partial charge in [-0.05, 0) is 134 Å². The average molecular weight is 920 g/mol. The number of benzene rings is 4. The third-order valence-corrected chi connectivity index (χ3v) is 17.0. The first-order valence-corrected chi connectivity index (χ1v) is 26.0. The van der Waals surface area contributed by atoms with Crippen LogP contribution in [0, 0.1) is 5.41 Å². The zero-order valence-electron chi connectivity index (χ0n) is 41.0. The molecule has 5 heterocycles. The molecule has 69 heavy (non-hydrogen) atoms. The van der Waals surface area contributed by atoms with Crippen LogP contribution < -0.4 is 4.90 Å². The molecule has 4 aromatic carbocycles. The number of fused-ring (bicyclic) bond motifs is 2. The van der Waals surface area contributed by atoms with Crippen LogP contribution in [0.2, 0.25) is 0 Å². The number of carbonyl (C=O) groups excluding carboxylic acids is 2. The Kier molecular flexibility index (Phi) is 11.8. The van der Waals surface area contributed by atoms with Gasteiger partial charge in [-0.1, -0.05) is 132 Å². The number of anilines is 1. The molecule has 0 spiro atoms. The molecule has 9 nitrogen and oxygen atoms in total. The van der Waals surface area contributed by atoms with Gasteiger partial charge in [-0.2, -0.15) is 0 Å². The molecule has 3 saturated heterocycles. The summed E-state index contributed by atoms with van der Waals surface area (Å²) in [6, 6.07) is 33.4. The molecule has 2 amide bonds. The number of rotatable bonds is 11. The Bertz CT molecular complexity index is 2920. The molecule has 9 heteroatoms. The van der Waals surface area contributed by atoms with Gasteiger partial charge in [0.2, 0.25) is 11.8 Å². The first-order chi connectivity index (χ1) is 33.5. The van der Waals surface area contributed by atoms with Crippen molar-refractivity contribution in [2.45, 2.75) is 146 Å². The Labute approximate surface area is 408 Å². The van der Waals surface area contributed by atoms with E-state index in [9.17, 15) is 9.59 Å². The molecule has 5 aliphatic rings. The highest BCUT2D eigenvalue weighted by atomic mass is 16.2. The molecule has 2 saturated carbocycles. The first kappa shape index (κ1) is 45.2. The second-order valence-electron chi connectivity index (χ2n) is 21.9. The summed E-state index contributed by atoms with van der Waals surface area (Å²) in [5.41, 5.74) is 10.1. The highest BCUT2D eigenvalue weighted by Crippen LogP contribution is 2.51. The SMILES string of the molecule is C=C/C=C(\C=C)C1(C(=O)N2CCC[C@H]2c2nc3ccc([C@H]4CC[C@H](c5ccc6nc([C@@H]7CCCN7C(=O)C7(c8ccccc8)CCCC7)[nH]c6c5)N4c4ccc(C(C)(C)C)cc4)cc3[nH]2)CCCC1. The fourth-order valence-corrected chi connectivity index (χ4v) is 13.4. The van der Waals surface area contributed by atoms with Crippen molar-refractivity contribution in [3.05, 3.63) is 162 Å². The maximum atomic E-state index is 14.7. The van der Waals surface area contributed by atoms with Gasteiger partial charge in [0, 0.05) is 18.8 Å². The van der Waals surface area contributed by atoms with Gasteiger partial charge < -0.3 is 24.7 Å². The number of amides is 2. The van der Waals surface area contributed by atoms with Crippen molar-refractivity contribution >= 4 is 39.6 Å². The smallest absolute Gasteiger partial charge is 0.233 e. The Morgan fingerprint density at radius 2 is 1.17 bits per heavy atom. The predicted molar refractivity (Wildman–Crippen MR) is 278 cm³/mol. The number of allylic oxidation sites excluding steroid dienone is 3. The highest BCUT2D eigenvalue weighted by Gasteiger charge is 2.50. The molecule has 0 bridgehead atoms. The quantitative estimate of drug-likeness (QED) is 0.126. The average Bonchev–Trinajstić information content (AvgIpc) is 4.23.